The van der Waals surface area contributed by atoms with Crippen LogP contribution >= 0.6 is 0 Å². The molecule has 0 unspecified atom stereocenters. The Hall–Kier alpha value is -0.830. The topological polar surface area (TPSA) is 49.3 Å². The summed E-state index contributed by atoms with van der Waals surface area (Å²) in [7, 11) is 0. The van der Waals surface area contributed by atoms with Crippen LogP contribution in [0.1, 0.15) is 143 Å². The third kappa shape index (κ3) is 13.5. The van der Waals surface area contributed by atoms with Gasteiger partial charge in [0.1, 0.15) is 0 Å². The second-order valence-electron chi connectivity index (χ2n) is 9.56. The molecular formula is C27H51NO2. The monoisotopic (exact) mass is 421 g/mol. The number of nitrogens with one attached hydrogen (secondary N) is 1. The highest BCUT2D eigenvalue weighted by Crippen LogP contribution is 2.38. The molecule has 0 bridgehead atoms. The van der Waals surface area contributed by atoms with Gasteiger partial charge < -0.3 is 10.4 Å². The number of carbonyl (C=O) groups excluding carboxylic acids is 1. The molecule has 0 saturated carbocycles. The normalized spacial score (nSPS) is 15.3. The van der Waals surface area contributed by atoms with E-state index >= 15 is 0 Å². The van der Waals surface area contributed by atoms with Crippen LogP contribution in [0.4, 0.5) is 0 Å². The van der Waals surface area contributed by atoms with Crippen LogP contribution in [0.25, 0.3) is 0 Å². The highest BCUT2D eigenvalue weighted by atomic mass is 16.3. The van der Waals surface area contributed by atoms with Gasteiger partial charge in [-0.3, -0.25) is 4.79 Å². The maximum absolute atomic E-state index is 12.1. The Bertz CT molecular complexity index is 471. The molecule has 2 N–H and O–H groups in total. The predicted molar refractivity (Wildman–Crippen MR) is 130 cm³/mol. The number of hydrogen-bond acceptors (Lipinski definition) is 2. The summed E-state index contributed by atoms with van der Waals surface area (Å²) in [6.45, 7) is 6.41. The van der Waals surface area contributed by atoms with Crippen LogP contribution in [0.15, 0.2) is 11.1 Å². The van der Waals surface area contributed by atoms with Crippen molar-refractivity contribution in [3.63, 3.8) is 0 Å². The molecule has 3 heteroatoms. The molecule has 0 aromatic carbocycles. The summed E-state index contributed by atoms with van der Waals surface area (Å²) < 4.78 is 0. The molecule has 1 rings (SSSR count). The van der Waals surface area contributed by atoms with Crippen LogP contribution in [-0.2, 0) is 4.79 Å². The second kappa shape index (κ2) is 17.8. The minimum atomic E-state index is -0.489. The van der Waals surface area contributed by atoms with Crippen LogP contribution in [-0.4, -0.2) is 23.2 Å². The molecule has 0 aromatic heterocycles. The molecule has 0 fully saturated rings. The van der Waals surface area contributed by atoms with Crippen LogP contribution < -0.4 is 5.32 Å². The summed E-state index contributed by atoms with van der Waals surface area (Å²) in [5.41, 5.74) is 2.64. The van der Waals surface area contributed by atoms with E-state index in [-0.39, 0.29) is 11.9 Å². The van der Waals surface area contributed by atoms with Crippen LogP contribution in [0, 0.1) is 0 Å². The lowest BCUT2D eigenvalue weighted by atomic mass is 10.0. The number of rotatable bonds is 21. The quantitative estimate of drug-likeness (QED) is 0.148. The van der Waals surface area contributed by atoms with E-state index in [1.807, 2.05) is 6.92 Å². The Labute approximate surface area is 187 Å². The number of aliphatic hydroxyl groups excluding tert-OH is 1. The van der Waals surface area contributed by atoms with E-state index in [0.29, 0.717) is 6.42 Å². The number of allylic oxidation sites excluding steroid dienone is 1. The number of aliphatic hydroxyl groups is 1. The van der Waals surface area contributed by atoms with Gasteiger partial charge in [-0.15, -0.1) is 0 Å². The lowest BCUT2D eigenvalue weighted by Crippen LogP contribution is -2.40. The number of carbonyl (C=O) groups is 1. The van der Waals surface area contributed by atoms with Gasteiger partial charge in [0, 0.05) is 6.42 Å². The highest BCUT2D eigenvalue weighted by molar-refractivity contribution is 5.76. The lowest BCUT2D eigenvalue weighted by molar-refractivity contribution is -0.122. The molecule has 1 amide bonds. The zero-order chi connectivity index (χ0) is 22.0. The zero-order valence-electron chi connectivity index (χ0n) is 20.4. The van der Waals surface area contributed by atoms with Gasteiger partial charge in [-0.2, -0.15) is 0 Å². The van der Waals surface area contributed by atoms with Crippen molar-refractivity contribution < 1.29 is 9.90 Å². The van der Waals surface area contributed by atoms with Gasteiger partial charge in [0.2, 0.25) is 5.91 Å². The smallest absolute Gasteiger partial charge is 0.220 e. The maximum Gasteiger partial charge on any atom is 0.220 e. The molecule has 0 aromatic rings. The largest absolute Gasteiger partial charge is 0.387 e. The standard InChI is InChI=1S/C27H51NO2/c1-4-6-8-10-11-12-13-14-15-17-18-20-24-22-25(24)27(30)23(3)28-26(29)21-19-16-9-7-5-2/h23,27,30H,4-22H2,1-3H3,(H,28,29)/t23-,27-/m0/s1. The van der Waals surface area contributed by atoms with Crippen molar-refractivity contribution in [1.82, 2.24) is 5.32 Å². The number of amides is 1. The predicted octanol–water partition coefficient (Wildman–Crippen LogP) is 7.61. The summed E-state index contributed by atoms with van der Waals surface area (Å²) in [4.78, 5) is 12.1. The number of hydrogen-bond donors (Lipinski definition) is 2. The summed E-state index contributed by atoms with van der Waals surface area (Å²) in [6, 6.07) is -0.169. The average Bonchev–Trinajstić information content (AvgIpc) is 3.50. The molecule has 2 atom stereocenters. The summed E-state index contributed by atoms with van der Waals surface area (Å²) in [6.07, 6.45) is 23.1. The fraction of sp³-hybridized carbons (Fsp3) is 0.889. The van der Waals surface area contributed by atoms with Crippen molar-refractivity contribution in [3.05, 3.63) is 11.1 Å². The lowest BCUT2D eigenvalue weighted by Gasteiger charge is -2.18. The first-order chi connectivity index (χ1) is 14.6. The van der Waals surface area contributed by atoms with Gasteiger partial charge in [0.25, 0.3) is 0 Å². The molecule has 1 aliphatic carbocycles. The Kier molecular flexibility index (Phi) is 16.2. The van der Waals surface area contributed by atoms with E-state index < -0.39 is 6.10 Å². The zero-order valence-corrected chi connectivity index (χ0v) is 20.4. The SMILES string of the molecule is CCCCCCCCCCCCCC1=C([C@@H](O)[C@H](C)NC(=O)CCCCCCC)C1. The third-order valence-electron chi connectivity index (χ3n) is 6.54. The molecule has 0 saturated heterocycles. The Morgan fingerprint density at radius 1 is 0.800 bits per heavy atom. The van der Waals surface area contributed by atoms with E-state index in [4.69, 9.17) is 0 Å². The van der Waals surface area contributed by atoms with Gasteiger partial charge >= 0.3 is 0 Å². The molecule has 3 nitrogen and oxygen atoms in total. The van der Waals surface area contributed by atoms with Crippen LogP contribution in [0.2, 0.25) is 0 Å². The molecule has 30 heavy (non-hydrogen) atoms. The van der Waals surface area contributed by atoms with Crippen LogP contribution in [0.3, 0.4) is 0 Å². The molecule has 0 aliphatic heterocycles. The summed E-state index contributed by atoms with van der Waals surface area (Å²) >= 11 is 0. The first kappa shape index (κ1) is 27.2. The Balaban J connectivity index is 2.02. The minimum Gasteiger partial charge on any atom is -0.387 e. The summed E-state index contributed by atoms with van der Waals surface area (Å²) in [5.74, 6) is 0.0891. The van der Waals surface area contributed by atoms with E-state index in [2.05, 4.69) is 19.2 Å². The fourth-order valence-corrected chi connectivity index (χ4v) is 4.35. The van der Waals surface area contributed by atoms with Gasteiger partial charge in [0.05, 0.1) is 12.1 Å². The van der Waals surface area contributed by atoms with E-state index in [9.17, 15) is 9.90 Å². The first-order valence-electron chi connectivity index (χ1n) is 13.3. The molecule has 0 radical (unpaired) electrons. The van der Waals surface area contributed by atoms with Gasteiger partial charge in [-0.05, 0) is 38.2 Å². The maximum atomic E-state index is 12.1. The summed E-state index contributed by atoms with van der Waals surface area (Å²) in [5, 5.41) is 13.5. The number of unbranched alkanes of at least 4 members (excludes halogenated alkanes) is 14. The Morgan fingerprint density at radius 3 is 1.80 bits per heavy atom. The van der Waals surface area contributed by atoms with E-state index in [0.717, 1.165) is 25.7 Å². The highest BCUT2D eigenvalue weighted by Gasteiger charge is 2.31. The fourth-order valence-electron chi connectivity index (χ4n) is 4.35. The van der Waals surface area contributed by atoms with Crippen molar-refractivity contribution in [1.29, 1.82) is 0 Å². The van der Waals surface area contributed by atoms with Crippen molar-refractivity contribution in [2.24, 2.45) is 0 Å². The van der Waals surface area contributed by atoms with Crippen molar-refractivity contribution >= 4 is 5.91 Å². The molecule has 176 valence electrons. The van der Waals surface area contributed by atoms with Crippen molar-refractivity contribution in [2.45, 2.75) is 155 Å². The van der Waals surface area contributed by atoms with Gasteiger partial charge in [0.15, 0.2) is 0 Å². The first-order valence-corrected chi connectivity index (χ1v) is 13.3. The molecular weight excluding hydrogens is 370 g/mol. The molecule has 1 aliphatic rings. The second-order valence-corrected chi connectivity index (χ2v) is 9.56. The van der Waals surface area contributed by atoms with E-state index in [1.54, 1.807) is 0 Å². The third-order valence-corrected chi connectivity index (χ3v) is 6.54. The van der Waals surface area contributed by atoms with Gasteiger partial charge in [-0.25, -0.2) is 0 Å². The average molecular weight is 422 g/mol. The minimum absolute atomic E-state index is 0.0891. The molecule has 0 spiro atoms. The van der Waals surface area contributed by atoms with Crippen molar-refractivity contribution in [3.8, 4) is 0 Å². The van der Waals surface area contributed by atoms with Crippen molar-refractivity contribution in [2.75, 3.05) is 0 Å². The van der Waals surface area contributed by atoms with Crippen LogP contribution in [0.5, 0.6) is 0 Å². The molecule has 0 heterocycles. The van der Waals surface area contributed by atoms with E-state index in [1.165, 1.54) is 101 Å². The van der Waals surface area contributed by atoms with Gasteiger partial charge in [-0.1, -0.05) is 109 Å². The Morgan fingerprint density at radius 2 is 1.27 bits per heavy atom.